The molecule has 0 aliphatic carbocycles. The van der Waals surface area contributed by atoms with Crippen LogP contribution in [0.25, 0.3) is 0 Å². The number of carbonyl (C=O) groups excluding carboxylic acids is 1. The Morgan fingerprint density at radius 2 is 2.29 bits per heavy atom. The quantitative estimate of drug-likeness (QED) is 0.570. The molecular weight excluding hydrogens is 178 g/mol. The van der Waals surface area contributed by atoms with E-state index in [0.29, 0.717) is 5.92 Å². The fourth-order valence-electron chi connectivity index (χ4n) is 2.20. The summed E-state index contributed by atoms with van der Waals surface area (Å²) in [5, 5.41) is 9.57. The first-order chi connectivity index (χ1) is 6.86. The van der Waals surface area contributed by atoms with Crippen LogP contribution in [0.3, 0.4) is 0 Å². The van der Waals surface area contributed by atoms with Gasteiger partial charge in [-0.2, -0.15) is 0 Å². The number of hydrogen-bond donors (Lipinski definition) is 3. The molecule has 1 amide bonds. The van der Waals surface area contributed by atoms with E-state index in [4.69, 9.17) is 0 Å². The first kappa shape index (κ1) is 9.93. The Morgan fingerprint density at radius 1 is 1.36 bits per heavy atom. The van der Waals surface area contributed by atoms with Crippen molar-refractivity contribution >= 4 is 5.91 Å². The molecular formula is C10H19N3O. The van der Waals surface area contributed by atoms with Crippen molar-refractivity contribution in [3.8, 4) is 0 Å². The van der Waals surface area contributed by atoms with Crippen LogP contribution in [0.5, 0.6) is 0 Å². The van der Waals surface area contributed by atoms with Crippen molar-refractivity contribution in [1.29, 1.82) is 0 Å². The summed E-state index contributed by atoms with van der Waals surface area (Å²) >= 11 is 0. The van der Waals surface area contributed by atoms with Crippen molar-refractivity contribution in [3.63, 3.8) is 0 Å². The Bertz CT molecular complexity index is 202. The highest BCUT2D eigenvalue weighted by Gasteiger charge is 2.24. The molecule has 14 heavy (non-hydrogen) atoms. The highest BCUT2D eigenvalue weighted by atomic mass is 16.2. The molecule has 2 aliphatic rings. The van der Waals surface area contributed by atoms with Crippen molar-refractivity contribution in [2.45, 2.75) is 25.3 Å². The maximum absolute atomic E-state index is 11.3. The van der Waals surface area contributed by atoms with Crippen LogP contribution in [0, 0.1) is 5.92 Å². The molecule has 0 aromatic heterocycles. The van der Waals surface area contributed by atoms with Crippen LogP contribution in [0.15, 0.2) is 0 Å². The summed E-state index contributed by atoms with van der Waals surface area (Å²) in [5.41, 5.74) is 0. The molecule has 2 atom stereocenters. The lowest BCUT2D eigenvalue weighted by Crippen LogP contribution is -2.42. The fraction of sp³-hybridized carbons (Fsp3) is 0.900. The second-order valence-electron chi connectivity index (χ2n) is 4.25. The topological polar surface area (TPSA) is 53.2 Å². The van der Waals surface area contributed by atoms with E-state index in [0.717, 1.165) is 32.6 Å². The van der Waals surface area contributed by atoms with Crippen LogP contribution in [0.4, 0.5) is 0 Å². The van der Waals surface area contributed by atoms with Gasteiger partial charge in [-0.25, -0.2) is 0 Å². The maximum atomic E-state index is 11.3. The van der Waals surface area contributed by atoms with Gasteiger partial charge in [-0.15, -0.1) is 0 Å². The summed E-state index contributed by atoms with van der Waals surface area (Å²) in [6.07, 6.45) is 3.50. The Balaban J connectivity index is 1.68. The Hall–Kier alpha value is -0.610. The third kappa shape index (κ3) is 2.45. The van der Waals surface area contributed by atoms with Gasteiger partial charge in [0.1, 0.15) is 0 Å². The molecule has 0 radical (unpaired) electrons. The largest absolute Gasteiger partial charge is 0.355 e. The van der Waals surface area contributed by atoms with E-state index in [1.165, 1.54) is 12.8 Å². The van der Waals surface area contributed by atoms with E-state index in [1.54, 1.807) is 0 Å². The molecule has 2 unspecified atom stereocenters. The molecule has 0 spiro atoms. The average Bonchev–Trinajstić information content (AvgIpc) is 2.63. The summed E-state index contributed by atoms with van der Waals surface area (Å²) in [7, 11) is 0. The number of nitrogens with one attached hydrogen (secondary N) is 3. The SMILES string of the molecule is O=C1NCCC1NCC1CCCNC1. The van der Waals surface area contributed by atoms with E-state index in [-0.39, 0.29) is 11.9 Å². The molecule has 2 heterocycles. The lowest BCUT2D eigenvalue weighted by molar-refractivity contribution is -0.120. The zero-order valence-corrected chi connectivity index (χ0v) is 8.51. The first-order valence-corrected chi connectivity index (χ1v) is 5.58. The van der Waals surface area contributed by atoms with E-state index in [1.807, 2.05) is 0 Å². The average molecular weight is 197 g/mol. The van der Waals surface area contributed by atoms with Crippen LogP contribution < -0.4 is 16.0 Å². The second-order valence-corrected chi connectivity index (χ2v) is 4.25. The zero-order valence-electron chi connectivity index (χ0n) is 8.51. The number of amides is 1. The van der Waals surface area contributed by atoms with E-state index in [2.05, 4.69) is 16.0 Å². The Kier molecular flexibility index (Phi) is 3.37. The molecule has 2 aliphatic heterocycles. The van der Waals surface area contributed by atoms with Gasteiger partial charge in [-0.1, -0.05) is 0 Å². The molecule has 2 saturated heterocycles. The summed E-state index contributed by atoms with van der Waals surface area (Å²) < 4.78 is 0. The predicted octanol–water partition coefficient (Wildman–Crippen LogP) is -0.536. The highest BCUT2D eigenvalue weighted by molar-refractivity contribution is 5.83. The molecule has 0 aromatic rings. The van der Waals surface area contributed by atoms with E-state index in [9.17, 15) is 4.79 Å². The third-order valence-electron chi connectivity index (χ3n) is 3.10. The molecule has 4 nitrogen and oxygen atoms in total. The standard InChI is InChI=1S/C10H19N3O/c14-10-9(3-5-12-10)13-7-8-2-1-4-11-6-8/h8-9,11,13H,1-7H2,(H,12,14). The number of carbonyl (C=O) groups is 1. The second kappa shape index (κ2) is 4.75. The van der Waals surface area contributed by atoms with Crippen molar-refractivity contribution in [1.82, 2.24) is 16.0 Å². The summed E-state index contributed by atoms with van der Waals surface area (Å²) in [4.78, 5) is 11.3. The Morgan fingerprint density at radius 3 is 2.93 bits per heavy atom. The molecule has 80 valence electrons. The summed E-state index contributed by atoms with van der Waals surface area (Å²) in [5.74, 6) is 0.880. The van der Waals surface area contributed by atoms with Crippen LogP contribution in [0.2, 0.25) is 0 Å². The first-order valence-electron chi connectivity index (χ1n) is 5.58. The van der Waals surface area contributed by atoms with Crippen LogP contribution in [0.1, 0.15) is 19.3 Å². The number of hydrogen-bond acceptors (Lipinski definition) is 3. The lowest BCUT2D eigenvalue weighted by atomic mass is 9.99. The highest BCUT2D eigenvalue weighted by Crippen LogP contribution is 2.09. The minimum Gasteiger partial charge on any atom is -0.355 e. The molecule has 0 aromatic carbocycles. The number of rotatable bonds is 3. The van der Waals surface area contributed by atoms with Crippen molar-refractivity contribution in [2.75, 3.05) is 26.2 Å². The van der Waals surface area contributed by atoms with Crippen LogP contribution in [-0.2, 0) is 4.79 Å². The Labute approximate surface area is 84.8 Å². The summed E-state index contributed by atoms with van der Waals surface area (Å²) in [6.45, 7) is 4.06. The van der Waals surface area contributed by atoms with E-state index < -0.39 is 0 Å². The van der Waals surface area contributed by atoms with Gasteiger partial charge in [-0.05, 0) is 44.8 Å². The monoisotopic (exact) mass is 197 g/mol. The van der Waals surface area contributed by atoms with E-state index >= 15 is 0 Å². The summed E-state index contributed by atoms with van der Waals surface area (Å²) in [6, 6.07) is 0.0666. The van der Waals surface area contributed by atoms with Gasteiger partial charge in [0.25, 0.3) is 0 Å². The van der Waals surface area contributed by atoms with Gasteiger partial charge in [0.2, 0.25) is 5.91 Å². The lowest BCUT2D eigenvalue weighted by Gasteiger charge is -2.24. The molecule has 0 bridgehead atoms. The molecule has 2 fully saturated rings. The van der Waals surface area contributed by atoms with Gasteiger partial charge < -0.3 is 16.0 Å². The molecule has 0 saturated carbocycles. The fourth-order valence-corrected chi connectivity index (χ4v) is 2.20. The molecule has 2 rings (SSSR count). The molecule has 4 heteroatoms. The molecule has 3 N–H and O–H groups in total. The van der Waals surface area contributed by atoms with Crippen molar-refractivity contribution in [2.24, 2.45) is 5.92 Å². The van der Waals surface area contributed by atoms with Gasteiger partial charge in [-0.3, -0.25) is 4.79 Å². The zero-order chi connectivity index (χ0) is 9.80. The van der Waals surface area contributed by atoms with Gasteiger partial charge in [0, 0.05) is 6.54 Å². The minimum atomic E-state index is 0.0666. The maximum Gasteiger partial charge on any atom is 0.237 e. The van der Waals surface area contributed by atoms with Gasteiger partial charge in [0.15, 0.2) is 0 Å². The van der Waals surface area contributed by atoms with Crippen LogP contribution >= 0.6 is 0 Å². The van der Waals surface area contributed by atoms with Crippen molar-refractivity contribution < 1.29 is 4.79 Å². The third-order valence-corrected chi connectivity index (χ3v) is 3.10. The number of piperidine rings is 1. The minimum absolute atomic E-state index is 0.0666. The van der Waals surface area contributed by atoms with Crippen LogP contribution in [-0.4, -0.2) is 38.1 Å². The normalized spacial score (nSPS) is 33.0. The predicted molar refractivity (Wildman–Crippen MR) is 55.0 cm³/mol. The smallest absolute Gasteiger partial charge is 0.237 e. The van der Waals surface area contributed by atoms with Crippen molar-refractivity contribution in [3.05, 3.63) is 0 Å². The van der Waals surface area contributed by atoms with Gasteiger partial charge >= 0.3 is 0 Å². The van der Waals surface area contributed by atoms with Gasteiger partial charge in [0.05, 0.1) is 6.04 Å².